The van der Waals surface area contributed by atoms with E-state index in [4.69, 9.17) is 0 Å². The molecule has 5 rings (SSSR count). The van der Waals surface area contributed by atoms with E-state index in [9.17, 15) is 18.0 Å². The lowest BCUT2D eigenvalue weighted by Gasteiger charge is -2.70. The Labute approximate surface area is 123 Å². The molecule has 0 saturated heterocycles. The molecule has 0 radical (unpaired) electrons. The quantitative estimate of drug-likeness (QED) is 0.929. The van der Waals surface area contributed by atoms with Gasteiger partial charge in [0.2, 0.25) is 5.91 Å². The molecule has 0 aromatic heterocycles. The second-order valence-electron chi connectivity index (χ2n) is 6.27. The largest absolute Gasteiger partial charge is 0.394 e. The summed E-state index contributed by atoms with van der Waals surface area (Å²) >= 11 is 0. The van der Waals surface area contributed by atoms with Crippen molar-refractivity contribution in [2.24, 2.45) is 5.41 Å². The van der Waals surface area contributed by atoms with Crippen LogP contribution in [0.15, 0.2) is 18.3 Å². The van der Waals surface area contributed by atoms with E-state index < -0.39 is 17.1 Å². The number of pyridine rings is 1. The Morgan fingerprint density at radius 1 is 1.32 bits per heavy atom. The Kier molecular flexibility index (Phi) is 2.43. The maximum atomic E-state index is 12.8. The molecule has 0 aromatic rings. The van der Waals surface area contributed by atoms with Crippen molar-refractivity contribution in [1.82, 2.24) is 25.3 Å². The number of carbonyl (C=O) groups excluding carboxylic acids is 1. The average molecular weight is 311 g/mol. The summed E-state index contributed by atoms with van der Waals surface area (Å²) in [6.07, 6.45) is -2.54. The molecule has 2 heterocycles. The van der Waals surface area contributed by atoms with Gasteiger partial charge in [-0.25, -0.2) is 0 Å². The van der Waals surface area contributed by atoms with Crippen LogP contribution in [0.5, 0.6) is 0 Å². The van der Waals surface area contributed by atoms with E-state index in [0.29, 0.717) is 11.5 Å². The molecule has 3 fully saturated rings. The standard InChI is InChI=1S/C13H12F3N5O/c14-13(15,16)11-5-12(6-11,7-11)17-9(22)4-21-3-1-2-8-10(21)19-20-18-8/h1-3H,4-7H2,(H,17,22). The summed E-state index contributed by atoms with van der Waals surface area (Å²) < 4.78 is 39.9. The van der Waals surface area contributed by atoms with Crippen molar-refractivity contribution >= 4 is 5.91 Å². The first-order chi connectivity index (χ1) is 10.3. The van der Waals surface area contributed by atoms with Crippen LogP contribution in [0, 0.1) is 5.41 Å². The van der Waals surface area contributed by atoms with Gasteiger partial charge in [0.15, 0.2) is 5.82 Å². The van der Waals surface area contributed by atoms with E-state index in [1.807, 2.05) is 0 Å². The van der Waals surface area contributed by atoms with Crippen molar-refractivity contribution in [2.75, 3.05) is 0 Å². The summed E-state index contributed by atoms with van der Waals surface area (Å²) in [5.74, 6) is 0.151. The normalized spacial score (nSPS) is 29.8. The van der Waals surface area contributed by atoms with Gasteiger partial charge in [-0.2, -0.15) is 13.2 Å². The monoisotopic (exact) mass is 311 g/mol. The third-order valence-corrected chi connectivity index (χ3v) is 4.66. The predicted octanol–water partition coefficient (Wildman–Crippen LogP) is 1.38. The lowest BCUT2D eigenvalue weighted by atomic mass is 9.39. The number of halogens is 3. The van der Waals surface area contributed by atoms with Crippen LogP contribution in [0.3, 0.4) is 0 Å². The number of carbonyl (C=O) groups is 1. The summed E-state index contributed by atoms with van der Waals surface area (Å²) in [6.45, 7) is -0.0154. The zero-order valence-corrected chi connectivity index (χ0v) is 11.4. The Hall–Kier alpha value is -2.19. The number of fused-ring (bicyclic) bond motifs is 1. The van der Waals surface area contributed by atoms with Crippen LogP contribution >= 0.6 is 0 Å². The van der Waals surface area contributed by atoms with E-state index in [0.717, 1.165) is 0 Å². The second-order valence-corrected chi connectivity index (χ2v) is 6.27. The van der Waals surface area contributed by atoms with Gasteiger partial charge < -0.3 is 9.88 Å². The first-order valence-corrected chi connectivity index (χ1v) is 6.85. The highest BCUT2D eigenvalue weighted by atomic mass is 19.4. The third kappa shape index (κ3) is 1.74. The summed E-state index contributed by atoms with van der Waals surface area (Å²) in [5, 5.41) is 13.9. The van der Waals surface area contributed by atoms with Gasteiger partial charge in [-0.3, -0.25) is 4.79 Å². The summed E-state index contributed by atoms with van der Waals surface area (Å²) in [7, 11) is 0. The summed E-state index contributed by atoms with van der Waals surface area (Å²) in [4.78, 5) is 12.1. The molecule has 0 spiro atoms. The minimum atomic E-state index is -4.17. The number of amides is 1. The second kappa shape index (κ2) is 3.96. The van der Waals surface area contributed by atoms with E-state index in [-0.39, 0.29) is 31.7 Å². The van der Waals surface area contributed by atoms with Gasteiger partial charge in [0.05, 0.1) is 5.41 Å². The van der Waals surface area contributed by atoms with Crippen molar-refractivity contribution in [3.8, 4) is 11.5 Å². The molecule has 2 aliphatic heterocycles. The molecule has 6 nitrogen and oxygen atoms in total. The van der Waals surface area contributed by atoms with Crippen molar-refractivity contribution < 1.29 is 18.0 Å². The van der Waals surface area contributed by atoms with Crippen molar-refractivity contribution in [1.29, 1.82) is 0 Å². The van der Waals surface area contributed by atoms with Gasteiger partial charge in [0.1, 0.15) is 12.2 Å². The fourth-order valence-electron chi connectivity index (χ4n) is 3.67. The van der Waals surface area contributed by atoms with Crippen molar-refractivity contribution in [3.63, 3.8) is 0 Å². The van der Waals surface area contributed by atoms with E-state index in [1.54, 1.807) is 22.9 Å². The van der Waals surface area contributed by atoms with Gasteiger partial charge in [-0.1, -0.05) is 0 Å². The number of hydrogen-bond acceptors (Lipinski definition) is 4. The Morgan fingerprint density at radius 3 is 2.73 bits per heavy atom. The van der Waals surface area contributed by atoms with Crippen molar-refractivity contribution in [3.05, 3.63) is 18.3 Å². The molecule has 22 heavy (non-hydrogen) atoms. The molecule has 0 aromatic carbocycles. The number of hydrogen-bond donors (Lipinski definition) is 1. The number of aromatic nitrogens is 4. The fourth-order valence-corrected chi connectivity index (χ4v) is 3.67. The molecule has 9 heteroatoms. The van der Waals surface area contributed by atoms with E-state index in [1.165, 1.54) is 0 Å². The molecule has 0 atom stereocenters. The van der Waals surface area contributed by atoms with Crippen LogP contribution in [-0.2, 0) is 11.3 Å². The molecule has 3 saturated carbocycles. The number of nitrogens with zero attached hydrogens (tertiary/aromatic N) is 4. The van der Waals surface area contributed by atoms with E-state index in [2.05, 4.69) is 20.7 Å². The topological polar surface area (TPSA) is 72.7 Å². The van der Waals surface area contributed by atoms with Gasteiger partial charge in [-0.15, -0.1) is 10.2 Å². The Morgan fingerprint density at radius 2 is 2.05 bits per heavy atom. The van der Waals surface area contributed by atoms with Gasteiger partial charge in [0.25, 0.3) is 0 Å². The number of nitrogens with one attached hydrogen (secondary N) is 1. The Bertz CT molecular complexity index is 705. The third-order valence-electron chi connectivity index (χ3n) is 4.66. The minimum Gasteiger partial charge on any atom is -0.349 e. The maximum absolute atomic E-state index is 12.8. The molecule has 1 N–H and O–H groups in total. The lowest BCUT2D eigenvalue weighted by molar-refractivity contribution is -0.337. The highest BCUT2D eigenvalue weighted by Gasteiger charge is 2.78. The maximum Gasteiger partial charge on any atom is 0.394 e. The SMILES string of the molecule is O=C(Cn1cccc2nnnc1-2)NC12CC(C(F)(F)F)(C1)C2. The van der Waals surface area contributed by atoms with Gasteiger partial charge in [0, 0.05) is 11.7 Å². The van der Waals surface area contributed by atoms with Crippen LogP contribution in [-0.4, -0.2) is 37.6 Å². The summed E-state index contributed by atoms with van der Waals surface area (Å²) in [5.41, 5.74) is -1.66. The van der Waals surface area contributed by atoms with Crippen LogP contribution in [0.25, 0.3) is 11.5 Å². The number of alkyl halides is 3. The minimum absolute atomic E-state index is 0.0121. The van der Waals surface area contributed by atoms with Crippen LogP contribution in [0.2, 0.25) is 0 Å². The smallest absolute Gasteiger partial charge is 0.349 e. The molecular weight excluding hydrogens is 299 g/mol. The predicted molar refractivity (Wildman–Crippen MR) is 67.7 cm³/mol. The fraction of sp³-hybridized carbons (Fsp3) is 0.538. The van der Waals surface area contributed by atoms with Gasteiger partial charge >= 0.3 is 6.18 Å². The van der Waals surface area contributed by atoms with E-state index >= 15 is 0 Å². The van der Waals surface area contributed by atoms with Gasteiger partial charge in [-0.05, 0) is 36.6 Å². The molecule has 1 amide bonds. The molecule has 116 valence electrons. The van der Waals surface area contributed by atoms with Crippen molar-refractivity contribution in [2.45, 2.75) is 37.5 Å². The molecular formula is C13H12F3N5O. The lowest BCUT2D eigenvalue weighted by Crippen LogP contribution is -2.78. The first-order valence-electron chi connectivity index (χ1n) is 6.85. The van der Waals surface area contributed by atoms with Crippen LogP contribution in [0.4, 0.5) is 13.2 Å². The first kappa shape index (κ1) is 13.5. The average Bonchev–Trinajstić information content (AvgIpc) is 2.79. The zero-order valence-electron chi connectivity index (χ0n) is 11.4. The highest BCUT2D eigenvalue weighted by molar-refractivity contribution is 5.78. The number of rotatable bonds is 3. The molecule has 3 aliphatic carbocycles. The molecule has 2 bridgehead atoms. The molecule has 5 aliphatic rings. The Balaban J connectivity index is 1.41. The zero-order chi connectivity index (χ0) is 15.6. The summed E-state index contributed by atoms with van der Waals surface area (Å²) in [6, 6.07) is 3.43. The van der Waals surface area contributed by atoms with Crippen LogP contribution in [0.1, 0.15) is 19.3 Å². The van der Waals surface area contributed by atoms with Crippen LogP contribution < -0.4 is 5.32 Å². The molecule has 0 unspecified atom stereocenters. The highest BCUT2D eigenvalue weighted by Crippen LogP contribution is 2.73.